The van der Waals surface area contributed by atoms with Gasteiger partial charge in [0.25, 0.3) is 5.91 Å². The Bertz CT molecular complexity index is 1480. The normalized spacial score (nSPS) is 31.7. The second-order valence-electron chi connectivity index (χ2n) is 12.0. The van der Waals surface area contributed by atoms with Crippen LogP contribution in [0.25, 0.3) is 0 Å². The van der Waals surface area contributed by atoms with Crippen molar-refractivity contribution in [1.82, 2.24) is 4.90 Å². The van der Waals surface area contributed by atoms with E-state index in [0.717, 1.165) is 11.8 Å². The molecular formula is C30H33F3N2O7. The molecule has 0 aromatic heterocycles. The second-order valence-corrected chi connectivity index (χ2v) is 12.0. The van der Waals surface area contributed by atoms with Crippen molar-refractivity contribution in [2.24, 2.45) is 29.4 Å². The van der Waals surface area contributed by atoms with Crippen LogP contribution in [0.4, 0.5) is 13.2 Å². The Hall–Kier alpha value is -3.80. The molecule has 5 aliphatic rings. The average Bonchev–Trinajstić information content (AvgIpc) is 2.90. The number of aliphatic hydroxyl groups excluding tert-OH is 3. The van der Waals surface area contributed by atoms with Crippen molar-refractivity contribution < 1.29 is 48.0 Å². The minimum absolute atomic E-state index is 0.0278. The Labute approximate surface area is 239 Å². The van der Waals surface area contributed by atoms with E-state index in [9.17, 15) is 48.0 Å². The molecule has 42 heavy (non-hydrogen) atoms. The summed E-state index contributed by atoms with van der Waals surface area (Å²) in [5.41, 5.74) is 3.06. The fourth-order valence-corrected chi connectivity index (χ4v) is 7.25. The Kier molecular flexibility index (Phi) is 7.41. The molecule has 0 aromatic carbocycles. The number of primary amides is 1. The number of hydrogen-bond acceptors (Lipinski definition) is 8. The monoisotopic (exact) mass is 590 g/mol. The largest absolute Gasteiger partial charge is 0.508 e. The van der Waals surface area contributed by atoms with Crippen molar-refractivity contribution in [3.63, 3.8) is 0 Å². The van der Waals surface area contributed by atoms with Crippen LogP contribution in [0.2, 0.25) is 0 Å². The third-order valence-electron chi connectivity index (χ3n) is 9.33. The summed E-state index contributed by atoms with van der Waals surface area (Å²) in [6.07, 6.45) is 2.05. The lowest BCUT2D eigenvalue weighted by Gasteiger charge is -2.47. The van der Waals surface area contributed by atoms with Crippen LogP contribution in [-0.2, 0) is 14.4 Å². The van der Waals surface area contributed by atoms with Gasteiger partial charge in [-0.2, -0.15) is 0 Å². The number of nitrogens with zero attached hydrogens (tertiary/aromatic N) is 1. The molecular weight excluding hydrogens is 557 g/mol. The van der Waals surface area contributed by atoms with Gasteiger partial charge in [-0.05, 0) is 55.6 Å². The van der Waals surface area contributed by atoms with Gasteiger partial charge in [0.05, 0.1) is 5.57 Å². The van der Waals surface area contributed by atoms with Gasteiger partial charge < -0.3 is 31.1 Å². The highest BCUT2D eigenvalue weighted by Crippen LogP contribution is 2.55. The van der Waals surface area contributed by atoms with E-state index >= 15 is 0 Å². The summed E-state index contributed by atoms with van der Waals surface area (Å²) in [7, 11) is 3.58. The van der Waals surface area contributed by atoms with E-state index in [1.807, 2.05) is 4.90 Å². The lowest BCUT2D eigenvalue weighted by molar-refractivity contribution is -0.128. The number of fused-ring (bicyclic) bond motifs is 3. The van der Waals surface area contributed by atoms with Crippen LogP contribution in [0, 0.1) is 23.7 Å². The molecule has 0 saturated heterocycles. The molecule has 12 heteroatoms. The first-order chi connectivity index (χ1) is 19.7. The van der Waals surface area contributed by atoms with Crippen molar-refractivity contribution in [2.45, 2.75) is 57.0 Å². The van der Waals surface area contributed by atoms with Gasteiger partial charge in [0.15, 0.2) is 28.8 Å². The van der Waals surface area contributed by atoms with E-state index in [1.165, 1.54) is 0 Å². The first-order valence-corrected chi connectivity index (χ1v) is 13.9. The maximum atomic E-state index is 13.8. The smallest absolute Gasteiger partial charge is 0.255 e. The highest BCUT2D eigenvalue weighted by molar-refractivity contribution is 6.20. The third-order valence-corrected chi connectivity index (χ3v) is 9.33. The number of halogens is 3. The zero-order chi connectivity index (χ0) is 30.8. The molecule has 5 rings (SSSR count). The summed E-state index contributed by atoms with van der Waals surface area (Å²) in [5.74, 6) is -11.5. The average molecular weight is 591 g/mol. The number of carbonyl (C=O) groups excluding carboxylic acids is 3. The topological polar surface area (TPSA) is 161 Å². The van der Waals surface area contributed by atoms with Crippen molar-refractivity contribution in [3.8, 4) is 0 Å². The minimum Gasteiger partial charge on any atom is -0.508 e. The number of ketones is 2. The molecule has 0 fully saturated rings. The summed E-state index contributed by atoms with van der Waals surface area (Å²) in [5, 5.41) is 45.0. The minimum atomic E-state index is -2.55. The molecule has 9 nitrogen and oxygen atoms in total. The molecule has 6 N–H and O–H groups in total. The quantitative estimate of drug-likeness (QED) is 0.287. The van der Waals surface area contributed by atoms with Crippen LogP contribution in [-0.4, -0.2) is 62.5 Å². The molecule has 5 atom stereocenters. The summed E-state index contributed by atoms with van der Waals surface area (Å²) in [6, 6.07) is 0. The summed E-state index contributed by atoms with van der Waals surface area (Å²) < 4.78 is 40.8. The number of hydrogen-bond donors (Lipinski definition) is 5. The van der Waals surface area contributed by atoms with Gasteiger partial charge in [0.1, 0.15) is 28.7 Å². The van der Waals surface area contributed by atoms with Gasteiger partial charge in [-0.1, -0.05) is 6.42 Å². The number of carbonyl (C=O) groups is 3. The van der Waals surface area contributed by atoms with E-state index in [4.69, 9.17) is 5.73 Å². The maximum Gasteiger partial charge on any atom is 0.255 e. The predicted molar refractivity (Wildman–Crippen MR) is 143 cm³/mol. The Morgan fingerprint density at radius 1 is 1.05 bits per heavy atom. The van der Waals surface area contributed by atoms with Gasteiger partial charge >= 0.3 is 0 Å². The molecule has 1 amide bonds. The molecule has 0 bridgehead atoms. The summed E-state index contributed by atoms with van der Waals surface area (Å²) in [4.78, 5) is 40.0. The van der Waals surface area contributed by atoms with E-state index in [2.05, 4.69) is 0 Å². The number of nitrogens with two attached hydrogens (primary N) is 1. The summed E-state index contributed by atoms with van der Waals surface area (Å²) >= 11 is 0. The van der Waals surface area contributed by atoms with E-state index in [0.29, 0.717) is 31.3 Å². The number of amides is 1. The fraction of sp³-hybridized carbons (Fsp3) is 0.500. The fourth-order valence-electron chi connectivity index (χ4n) is 7.25. The van der Waals surface area contributed by atoms with E-state index in [1.54, 1.807) is 14.1 Å². The number of Topliss-reactive ketones (excluding diaryl/α,β-unsaturated/α-hetero) is 2. The molecule has 0 saturated carbocycles. The lowest BCUT2D eigenvalue weighted by Crippen LogP contribution is -2.53. The highest BCUT2D eigenvalue weighted by atomic mass is 19.2. The molecule has 0 radical (unpaired) electrons. The number of allylic oxidation sites excluding steroid dienone is 8. The van der Waals surface area contributed by atoms with Crippen LogP contribution >= 0.6 is 0 Å². The third kappa shape index (κ3) is 4.47. The Morgan fingerprint density at radius 3 is 2.36 bits per heavy atom. The van der Waals surface area contributed by atoms with Crippen molar-refractivity contribution in [2.75, 3.05) is 14.1 Å². The Balaban J connectivity index is 1.50. The highest BCUT2D eigenvalue weighted by Gasteiger charge is 2.58. The van der Waals surface area contributed by atoms with Gasteiger partial charge in [0.2, 0.25) is 0 Å². The number of aliphatic hydroxyl groups is 4. The van der Waals surface area contributed by atoms with E-state index < -0.39 is 87.1 Å². The Morgan fingerprint density at radius 2 is 1.74 bits per heavy atom. The molecule has 0 heterocycles. The van der Waals surface area contributed by atoms with Crippen LogP contribution < -0.4 is 5.73 Å². The molecule has 2 unspecified atom stereocenters. The standard InChI is InChI=1S/C30H33F3N2O7/c1-35(2)19-10-13(5-3-4-12-6-17(31)24(33)18(32)7-12)25(37)22-16(19)9-14-8-15-11-20(36)23(29(34)41)28(40)30(15,42)27(39)21(14)26(22)38/h6,12-15,38-40,42H,3-5,7-11H2,1-2H3,(H2,34,41)/t12?,13?,14-,15+,30+/m1/s1. The van der Waals surface area contributed by atoms with Crippen LogP contribution in [0.15, 0.2) is 68.8 Å². The molecule has 5 aliphatic carbocycles. The van der Waals surface area contributed by atoms with Crippen LogP contribution in [0.3, 0.4) is 0 Å². The predicted octanol–water partition coefficient (Wildman–Crippen LogP) is 4.25. The summed E-state index contributed by atoms with van der Waals surface area (Å²) in [6.45, 7) is 0. The van der Waals surface area contributed by atoms with Crippen molar-refractivity contribution >= 4 is 17.5 Å². The maximum absolute atomic E-state index is 13.8. The van der Waals surface area contributed by atoms with E-state index in [-0.39, 0.29) is 36.8 Å². The van der Waals surface area contributed by atoms with Gasteiger partial charge in [-0.3, -0.25) is 14.4 Å². The van der Waals surface area contributed by atoms with Gasteiger partial charge in [-0.25, -0.2) is 13.2 Å². The molecule has 0 aromatic rings. The van der Waals surface area contributed by atoms with Crippen LogP contribution in [0.1, 0.15) is 51.4 Å². The first-order valence-electron chi connectivity index (χ1n) is 13.9. The molecule has 0 spiro atoms. The van der Waals surface area contributed by atoms with Crippen molar-refractivity contribution in [1.29, 1.82) is 0 Å². The first kappa shape index (κ1) is 29.7. The number of rotatable bonds is 6. The zero-order valence-electron chi connectivity index (χ0n) is 23.2. The van der Waals surface area contributed by atoms with Gasteiger partial charge in [0, 0.05) is 50.0 Å². The molecule has 0 aliphatic heterocycles. The second kappa shape index (κ2) is 10.5. The lowest BCUT2D eigenvalue weighted by atomic mass is 9.60. The molecule has 226 valence electrons. The van der Waals surface area contributed by atoms with Crippen LogP contribution in [0.5, 0.6) is 0 Å². The SMILES string of the molecule is CN(C)C1=C2C[C@H]3C[C@H]4CC(=O)C(C(N)=O)=C(O)[C@@]4(O)C(O)=C3C(O)=C2C(=O)C(CCCC2C=C(F)C(F)=C(F)C2)C1. The van der Waals surface area contributed by atoms with Gasteiger partial charge in [-0.15, -0.1) is 0 Å². The zero-order valence-corrected chi connectivity index (χ0v) is 23.2. The van der Waals surface area contributed by atoms with Crippen molar-refractivity contribution in [3.05, 3.63) is 68.8 Å².